The molecular weight excluding hydrogens is 463 g/mol. The van der Waals surface area contributed by atoms with Gasteiger partial charge < -0.3 is 20.9 Å². The van der Waals surface area contributed by atoms with Crippen LogP contribution in [0, 0.1) is 11.7 Å². The van der Waals surface area contributed by atoms with Crippen molar-refractivity contribution in [2.75, 3.05) is 25.1 Å². The second kappa shape index (κ2) is 12.6. The summed E-state index contributed by atoms with van der Waals surface area (Å²) in [5, 5.41) is 16.3. The van der Waals surface area contributed by atoms with Gasteiger partial charge in [0.15, 0.2) is 0 Å². The van der Waals surface area contributed by atoms with Crippen LogP contribution in [0.25, 0.3) is 10.4 Å². The number of nitrogens with two attached hydrogens (primary N) is 1. The van der Waals surface area contributed by atoms with E-state index in [1.165, 1.54) is 6.20 Å². The molecule has 34 heavy (non-hydrogen) atoms. The van der Waals surface area contributed by atoms with Crippen molar-refractivity contribution in [3.05, 3.63) is 69.1 Å². The summed E-state index contributed by atoms with van der Waals surface area (Å²) < 4.78 is 20.0. The van der Waals surface area contributed by atoms with E-state index in [9.17, 15) is 19.8 Å². The van der Waals surface area contributed by atoms with Crippen LogP contribution in [0.1, 0.15) is 36.3 Å². The molecule has 1 fully saturated rings. The van der Waals surface area contributed by atoms with Crippen molar-refractivity contribution < 1.29 is 19.0 Å². The van der Waals surface area contributed by atoms with Crippen molar-refractivity contribution in [1.29, 1.82) is 0 Å². The van der Waals surface area contributed by atoms with Crippen LogP contribution in [0.4, 0.5) is 10.1 Å². The number of hydrogen-bond acceptors (Lipinski definition) is 6. The third-order valence-electron chi connectivity index (χ3n) is 6.08. The van der Waals surface area contributed by atoms with Gasteiger partial charge in [0.2, 0.25) is 5.91 Å². The Bertz CT molecular complexity index is 1010. The van der Waals surface area contributed by atoms with Gasteiger partial charge in [0, 0.05) is 40.7 Å². The van der Waals surface area contributed by atoms with Crippen molar-refractivity contribution in [3.8, 4) is 0 Å². The van der Waals surface area contributed by atoms with Crippen LogP contribution in [0.3, 0.4) is 0 Å². The topological polar surface area (TPSA) is 146 Å². The largest absolute Gasteiger partial charge is 0.395 e. The maximum Gasteiger partial charge on any atom is 0.234 e. The Labute approximate surface area is 202 Å². The predicted molar refractivity (Wildman–Crippen MR) is 127 cm³/mol. The van der Waals surface area contributed by atoms with Gasteiger partial charge in [-0.1, -0.05) is 28.8 Å². The number of carbonyl (C=O) groups excluding carboxylic acids is 1. The van der Waals surface area contributed by atoms with Gasteiger partial charge in [-0.25, -0.2) is 4.39 Å². The number of ether oxygens (including phenoxy) is 1. The van der Waals surface area contributed by atoms with E-state index in [1.807, 2.05) is 12.1 Å². The smallest absolute Gasteiger partial charge is 0.234 e. The number of nitrogens with one attached hydrogen (secondary N) is 1. The molecule has 1 amide bonds. The van der Waals surface area contributed by atoms with E-state index in [-0.39, 0.29) is 30.2 Å². The molecule has 11 heteroatoms. The number of pyridine rings is 1. The number of anilines is 1. The lowest BCUT2D eigenvalue weighted by Crippen LogP contribution is -2.37. The normalized spacial score (nSPS) is 16.8. The molecule has 9 nitrogen and oxygen atoms in total. The summed E-state index contributed by atoms with van der Waals surface area (Å²) in [6.45, 7) is 0.853. The number of halogens is 2. The highest BCUT2D eigenvalue weighted by Gasteiger charge is 2.36. The van der Waals surface area contributed by atoms with Crippen molar-refractivity contribution >= 4 is 23.2 Å². The summed E-state index contributed by atoms with van der Waals surface area (Å²) in [4.78, 5) is 20.2. The van der Waals surface area contributed by atoms with Crippen LogP contribution in [-0.4, -0.2) is 47.9 Å². The Balaban J connectivity index is 1.92. The minimum absolute atomic E-state index is 0.0313. The van der Waals surface area contributed by atoms with Crippen LogP contribution in [0.5, 0.6) is 0 Å². The Morgan fingerprint density at radius 3 is 2.71 bits per heavy atom. The second-order valence-corrected chi connectivity index (χ2v) is 8.73. The van der Waals surface area contributed by atoms with Gasteiger partial charge in [-0.3, -0.25) is 9.78 Å². The van der Waals surface area contributed by atoms with Crippen molar-refractivity contribution in [2.45, 2.75) is 43.7 Å². The van der Waals surface area contributed by atoms with Gasteiger partial charge in [-0.05, 0) is 54.8 Å². The van der Waals surface area contributed by atoms with Crippen molar-refractivity contribution in [2.24, 2.45) is 16.8 Å². The van der Waals surface area contributed by atoms with Gasteiger partial charge in [-0.2, -0.15) is 0 Å². The van der Waals surface area contributed by atoms with Crippen molar-refractivity contribution in [1.82, 2.24) is 4.98 Å². The van der Waals surface area contributed by atoms with Crippen LogP contribution >= 0.6 is 11.6 Å². The zero-order valence-corrected chi connectivity index (χ0v) is 19.4. The maximum atomic E-state index is 14.5. The SMILES string of the molecule is [N-]=[N+]=N[C@H](C(=O)Nc1cncc(F)c1CC[C@H](N)CO)[C@@H](c1ccc(Cl)cc1)C1CCOCC1. The van der Waals surface area contributed by atoms with E-state index < -0.39 is 29.7 Å². The first kappa shape index (κ1) is 25.9. The minimum Gasteiger partial charge on any atom is -0.395 e. The number of aromatic nitrogens is 1. The summed E-state index contributed by atoms with van der Waals surface area (Å²) in [5.41, 5.74) is 16.3. The fourth-order valence-corrected chi connectivity index (χ4v) is 4.39. The Morgan fingerprint density at radius 2 is 2.06 bits per heavy atom. The summed E-state index contributed by atoms with van der Waals surface area (Å²) in [7, 11) is 0. The molecule has 3 atom stereocenters. The van der Waals surface area contributed by atoms with E-state index >= 15 is 0 Å². The first-order valence-corrected chi connectivity index (χ1v) is 11.5. The molecule has 0 unspecified atom stereocenters. The van der Waals surface area contributed by atoms with E-state index in [0.29, 0.717) is 37.5 Å². The fraction of sp³-hybridized carbons (Fsp3) is 0.478. The summed E-state index contributed by atoms with van der Waals surface area (Å²) in [6, 6.07) is 5.49. The van der Waals surface area contributed by atoms with Crippen LogP contribution in [0.15, 0.2) is 41.8 Å². The highest BCUT2D eigenvalue weighted by Crippen LogP contribution is 2.37. The molecule has 1 aliphatic heterocycles. The van der Waals surface area contributed by atoms with Gasteiger partial charge in [0.25, 0.3) is 0 Å². The predicted octanol–water partition coefficient (Wildman–Crippen LogP) is 3.95. The van der Waals surface area contributed by atoms with Crippen molar-refractivity contribution in [3.63, 3.8) is 0 Å². The van der Waals surface area contributed by atoms with Crippen LogP contribution in [0.2, 0.25) is 5.02 Å². The van der Waals surface area contributed by atoms with Gasteiger partial charge in [0.05, 0.1) is 24.7 Å². The Morgan fingerprint density at radius 1 is 1.35 bits per heavy atom. The number of carbonyl (C=O) groups is 1. The number of rotatable bonds is 10. The number of aliphatic hydroxyl groups excluding tert-OH is 1. The minimum atomic E-state index is -1.09. The number of benzene rings is 1. The molecule has 2 aromatic rings. The standard InChI is InChI=1S/C23H28ClFN6O3/c24-16-3-1-14(2-4-16)21(15-7-9-34-10-8-15)22(30-31-27)23(33)29-20-12-28-11-19(25)18(20)6-5-17(26)13-32/h1-4,11-12,15,17,21-22,32H,5-10,13,26H2,(H,29,33)/t17-,21-,22-/m0/s1. The van der Waals surface area contributed by atoms with Gasteiger partial charge in [0.1, 0.15) is 11.9 Å². The zero-order valence-electron chi connectivity index (χ0n) is 18.6. The quantitative estimate of drug-likeness (QED) is 0.262. The molecule has 0 aliphatic carbocycles. The molecule has 1 aliphatic rings. The number of amides is 1. The molecule has 3 rings (SSSR count). The zero-order chi connectivity index (χ0) is 24.5. The van der Waals surface area contributed by atoms with Gasteiger partial charge >= 0.3 is 0 Å². The molecule has 1 aromatic heterocycles. The monoisotopic (exact) mass is 490 g/mol. The van der Waals surface area contributed by atoms with Gasteiger partial charge in [-0.15, -0.1) is 0 Å². The lowest BCUT2D eigenvalue weighted by molar-refractivity contribution is -0.118. The summed E-state index contributed by atoms with van der Waals surface area (Å²) in [5.74, 6) is -1.56. The molecule has 0 saturated carbocycles. The third kappa shape index (κ3) is 6.65. The average molecular weight is 491 g/mol. The highest BCUT2D eigenvalue weighted by atomic mass is 35.5. The molecule has 4 N–H and O–H groups in total. The number of nitrogens with zero attached hydrogens (tertiary/aromatic N) is 4. The molecule has 0 bridgehead atoms. The average Bonchev–Trinajstić information content (AvgIpc) is 2.85. The molecular formula is C23H28ClFN6O3. The molecule has 0 radical (unpaired) electrons. The molecule has 1 saturated heterocycles. The molecule has 1 aromatic carbocycles. The highest BCUT2D eigenvalue weighted by molar-refractivity contribution is 6.30. The fourth-order valence-electron chi connectivity index (χ4n) is 4.27. The lowest BCUT2D eigenvalue weighted by Gasteiger charge is -2.34. The summed E-state index contributed by atoms with van der Waals surface area (Å²) >= 11 is 6.06. The number of azide groups is 1. The van der Waals surface area contributed by atoms with E-state index in [1.54, 1.807) is 12.1 Å². The Kier molecular flexibility index (Phi) is 9.62. The number of hydrogen-bond donors (Lipinski definition) is 3. The Hall–Kier alpha value is -2.75. The first-order chi connectivity index (χ1) is 16.4. The van der Waals surface area contributed by atoms with Crippen LogP contribution < -0.4 is 11.1 Å². The van der Waals surface area contributed by atoms with E-state index in [2.05, 4.69) is 20.3 Å². The number of aliphatic hydroxyl groups is 1. The first-order valence-electron chi connectivity index (χ1n) is 11.1. The maximum absolute atomic E-state index is 14.5. The molecule has 2 heterocycles. The van der Waals surface area contributed by atoms with Crippen LogP contribution in [-0.2, 0) is 16.0 Å². The second-order valence-electron chi connectivity index (χ2n) is 8.29. The summed E-state index contributed by atoms with van der Waals surface area (Å²) in [6.07, 6.45) is 4.31. The van der Waals surface area contributed by atoms with E-state index in [4.69, 9.17) is 22.1 Å². The van der Waals surface area contributed by atoms with E-state index in [0.717, 1.165) is 11.8 Å². The lowest BCUT2D eigenvalue weighted by atomic mass is 9.76. The third-order valence-corrected chi connectivity index (χ3v) is 6.33. The molecule has 0 spiro atoms. The molecule has 182 valence electrons.